The van der Waals surface area contributed by atoms with Crippen LogP contribution < -0.4 is 0 Å². The lowest BCUT2D eigenvalue weighted by Gasteiger charge is -2.18. The Kier molecular flexibility index (Phi) is 9.60. The zero-order valence-corrected chi connectivity index (χ0v) is 12.2. The summed E-state index contributed by atoms with van der Waals surface area (Å²) in [5.41, 5.74) is 0. The molecule has 0 heterocycles. The Bertz CT molecular complexity index is 208. The normalized spacial score (nSPS) is 14.7. The van der Waals surface area contributed by atoms with E-state index in [1.54, 1.807) is 18.7 Å². The van der Waals surface area contributed by atoms with Crippen molar-refractivity contribution in [3.63, 3.8) is 0 Å². The first kappa shape index (κ1) is 16.8. The van der Waals surface area contributed by atoms with Gasteiger partial charge in [-0.05, 0) is 44.8 Å². The number of esters is 1. The summed E-state index contributed by atoms with van der Waals surface area (Å²) in [6, 6.07) is 0. The molecular weight excluding hydrogens is 239 g/mol. The molecule has 0 aromatic carbocycles. The highest BCUT2D eigenvalue weighted by molar-refractivity contribution is 8.00. The standard InChI is InChI=1S/C13H25FO2S/c1-5-16-13(15)12(10(2)3)17-9-7-6-8-11(4)14/h10-12H,5-9H2,1-4H3. The van der Waals surface area contributed by atoms with Crippen LogP contribution in [0.1, 0.15) is 47.0 Å². The topological polar surface area (TPSA) is 26.3 Å². The van der Waals surface area contributed by atoms with Crippen molar-refractivity contribution >= 4 is 17.7 Å². The van der Waals surface area contributed by atoms with Crippen molar-refractivity contribution < 1.29 is 13.9 Å². The van der Waals surface area contributed by atoms with Gasteiger partial charge in [-0.25, -0.2) is 4.39 Å². The lowest BCUT2D eigenvalue weighted by atomic mass is 10.1. The van der Waals surface area contributed by atoms with Crippen LogP contribution in [0.4, 0.5) is 4.39 Å². The summed E-state index contributed by atoms with van der Waals surface area (Å²) in [6.07, 6.45) is 1.75. The van der Waals surface area contributed by atoms with Gasteiger partial charge in [0.2, 0.25) is 0 Å². The van der Waals surface area contributed by atoms with Crippen molar-refractivity contribution in [2.75, 3.05) is 12.4 Å². The highest BCUT2D eigenvalue weighted by atomic mass is 32.2. The highest BCUT2D eigenvalue weighted by Crippen LogP contribution is 2.22. The van der Waals surface area contributed by atoms with E-state index in [-0.39, 0.29) is 17.1 Å². The zero-order chi connectivity index (χ0) is 13.3. The maximum Gasteiger partial charge on any atom is 0.319 e. The Morgan fingerprint density at radius 2 is 1.94 bits per heavy atom. The molecule has 0 saturated heterocycles. The van der Waals surface area contributed by atoms with E-state index in [2.05, 4.69) is 0 Å². The molecule has 0 radical (unpaired) electrons. The number of alkyl halides is 1. The minimum absolute atomic E-state index is 0.0854. The molecule has 0 spiro atoms. The number of unbranched alkanes of at least 4 members (excludes halogenated alkanes) is 1. The van der Waals surface area contributed by atoms with E-state index in [1.165, 1.54) is 0 Å². The molecule has 2 unspecified atom stereocenters. The predicted molar refractivity (Wildman–Crippen MR) is 72.1 cm³/mol. The Morgan fingerprint density at radius 1 is 1.29 bits per heavy atom. The number of hydrogen-bond acceptors (Lipinski definition) is 3. The van der Waals surface area contributed by atoms with Crippen molar-refractivity contribution in [2.24, 2.45) is 5.92 Å². The van der Waals surface area contributed by atoms with Gasteiger partial charge in [0.25, 0.3) is 0 Å². The van der Waals surface area contributed by atoms with Crippen molar-refractivity contribution in [1.82, 2.24) is 0 Å². The smallest absolute Gasteiger partial charge is 0.319 e. The van der Waals surface area contributed by atoms with Crippen LogP contribution in [0.15, 0.2) is 0 Å². The van der Waals surface area contributed by atoms with E-state index in [9.17, 15) is 9.18 Å². The Labute approximate surface area is 109 Å². The SMILES string of the molecule is CCOC(=O)C(SCCCCC(C)F)C(C)C. The van der Waals surface area contributed by atoms with Crippen LogP contribution in [0, 0.1) is 5.92 Å². The van der Waals surface area contributed by atoms with Gasteiger partial charge in [-0.2, -0.15) is 0 Å². The molecule has 0 aliphatic heterocycles. The van der Waals surface area contributed by atoms with Gasteiger partial charge in [0, 0.05) is 0 Å². The molecule has 4 heteroatoms. The zero-order valence-electron chi connectivity index (χ0n) is 11.4. The molecule has 0 aliphatic rings. The molecule has 0 fully saturated rings. The molecule has 17 heavy (non-hydrogen) atoms. The van der Waals surface area contributed by atoms with Crippen molar-refractivity contribution in [1.29, 1.82) is 0 Å². The summed E-state index contributed by atoms with van der Waals surface area (Å²) >= 11 is 1.63. The molecule has 0 bridgehead atoms. The summed E-state index contributed by atoms with van der Waals surface area (Å²) in [6.45, 7) is 7.89. The number of carbonyl (C=O) groups is 1. The van der Waals surface area contributed by atoms with Crippen LogP contribution in [-0.2, 0) is 9.53 Å². The first-order valence-corrected chi connectivity index (χ1v) is 7.46. The van der Waals surface area contributed by atoms with Gasteiger partial charge in [0.05, 0.1) is 12.8 Å². The Hall–Kier alpha value is -0.250. The van der Waals surface area contributed by atoms with Gasteiger partial charge in [-0.15, -0.1) is 11.8 Å². The van der Waals surface area contributed by atoms with Gasteiger partial charge in [-0.3, -0.25) is 4.79 Å². The van der Waals surface area contributed by atoms with Crippen LogP contribution in [0.3, 0.4) is 0 Å². The summed E-state index contributed by atoms with van der Waals surface area (Å²) in [4.78, 5) is 11.7. The third-order valence-electron chi connectivity index (χ3n) is 2.42. The molecule has 0 N–H and O–H groups in total. The van der Waals surface area contributed by atoms with Gasteiger partial charge >= 0.3 is 5.97 Å². The van der Waals surface area contributed by atoms with E-state index in [4.69, 9.17) is 4.74 Å². The van der Waals surface area contributed by atoms with Crippen molar-refractivity contribution in [2.45, 2.75) is 58.4 Å². The fourth-order valence-corrected chi connectivity index (χ4v) is 2.71. The van der Waals surface area contributed by atoms with Gasteiger partial charge < -0.3 is 4.74 Å². The number of ether oxygens (including phenoxy) is 1. The molecule has 0 rings (SSSR count). The van der Waals surface area contributed by atoms with Crippen LogP contribution in [0.25, 0.3) is 0 Å². The van der Waals surface area contributed by atoms with Gasteiger partial charge in [-0.1, -0.05) is 13.8 Å². The maximum absolute atomic E-state index is 12.6. The van der Waals surface area contributed by atoms with Crippen molar-refractivity contribution in [3.8, 4) is 0 Å². The van der Waals surface area contributed by atoms with E-state index in [0.29, 0.717) is 13.0 Å². The van der Waals surface area contributed by atoms with E-state index >= 15 is 0 Å². The van der Waals surface area contributed by atoms with Crippen LogP contribution in [0.5, 0.6) is 0 Å². The van der Waals surface area contributed by atoms with Crippen LogP contribution in [0.2, 0.25) is 0 Å². The highest BCUT2D eigenvalue weighted by Gasteiger charge is 2.23. The van der Waals surface area contributed by atoms with Crippen molar-refractivity contribution in [3.05, 3.63) is 0 Å². The second kappa shape index (κ2) is 9.75. The van der Waals surface area contributed by atoms with E-state index in [0.717, 1.165) is 18.6 Å². The molecule has 0 saturated carbocycles. The molecular formula is C13H25FO2S. The third kappa shape index (κ3) is 8.47. The quantitative estimate of drug-likeness (QED) is 0.467. The number of hydrogen-bond donors (Lipinski definition) is 0. The summed E-state index contributed by atoms with van der Waals surface area (Å²) in [5, 5.41) is -0.0854. The molecule has 0 amide bonds. The Balaban J connectivity index is 3.82. The minimum atomic E-state index is -0.717. The second-order valence-corrected chi connectivity index (χ2v) is 5.81. The number of rotatable bonds is 9. The first-order chi connectivity index (χ1) is 7.99. The number of thioether (sulfide) groups is 1. The molecule has 0 aliphatic carbocycles. The summed E-state index contributed by atoms with van der Waals surface area (Å²) < 4.78 is 17.6. The van der Waals surface area contributed by atoms with E-state index < -0.39 is 6.17 Å². The lowest BCUT2D eigenvalue weighted by molar-refractivity contribution is -0.143. The average molecular weight is 264 g/mol. The molecule has 0 aromatic rings. The van der Waals surface area contributed by atoms with E-state index in [1.807, 2.05) is 20.8 Å². The largest absolute Gasteiger partial charge is 0.465 e. The summed E-state index contributed by atoms with van der Waals surface area (Å²) in [7, 11) is 0. The average Bonchev–Trinajstić information content (AvgIpc) is 2.22. The van der Waals surface area contributed by atoms with Crippen LogP contribution >= 0.6 is 11.8 Å². The second-order valence-electron chi connectivity index (χ2n) is 4.56. The summed E-state index contributed by atoms with van der Waals surface area (Å²) in [5.74, 6) is 1.06. The third-order valence-corrected chi connectivity index (χ3v) is 4.04. The molecule has 0 aromatic heterocycles. The molecule has 2 nitrogen and oxygen atoms in total. The fourth-order valence-electron chi connectivity index (χ4n) is 1.50. The predicted octanol–water partition coefficient (Wildman–Crippen LogP) is 3.84. The number of carbonyl (C=O) groups excluding carboxylic acids is 1. The van der Waals surface area contributed by atoms with Gasteiger partial charge in [0.1, 0.15) is 5.25 Å². The molecule has 2 atom stereocenters. The first-order valence-electron chi connectivity index (χ1n) is 6.41. The molecule has 102 valence electrons. The van der Waals surface area contributed by atoms with Gasteiger partial charge in [0.15, 0.2) is 0 Å². The minimum Gasteiger partial charge on any atom is -0.465 e. The lowest BCUT2D eigenvalue weighted by Crippen LogP contribution is -2.26. The fraction of sp³-hybridized carbons (Fsp3) is 0.923. The van der Waals surface area contributed by atoms with Crippen LogP contribution in [-0.4, -0.2) is 29.8 Å². The Morgan fingerprint density at radius 3 is 2.41 bits per heavy atom. The maximum atomic E-state index is 12.6. The monoisotopic (exact) mass is 264 g/mol. The number of halogens is 1.